The first kappa shape index (κ1) is 19.9. The number of carbonyl (C=O) groups excluding carboxylic acids is 1. The molecule has 1 fully saturated rings. The molecule has 0 spiro atoms. The summed E-state index contributed by atoms with van der Waals surface area (Å²) in [4.78, 5) is 25.3. The lowest BCUT2D eigenvalue weighted by atomic mass is 9.90. The number of benzene rings is 1. The molecule has 4 atom stereocenters. The quantitative estimate of drug-likeness (QED) is 0.381. The minimum Gasteiger partial charge on any atom is -0.477 e. The number of aliphatic hydroxyl groups excluding tert-OH is 1. The van der Waals surface area contributed by atoms with Crippen LogP contribution in [0.5, 0.6) is 0 Å². The molecule has 1 aromatic carbocycles. The van der Waals surface area contributed by atoms with Crippen LogP contribution in [0.15, 0.2) is 40.3 Å². The summed E-state index contributed by atoms with van der Waals surface area (Å²) in [5.74, 6) is -1.78. The molecule has 1 aromatic rings. The standard InChI is InChI=1S/C18H21N3O4S2/c1-2-11(22)12-15(23)21-14(17(24)25)18(27-16(12)21)26-8-10(19)13(20)9-6-4-3-5-7-9/h3-7,10-12,16,20,22H,2,8,19H2,1H3,(H,24,25)/t10?,11-,12+,16+/m0/s1. The van der Waals surface area contributed by atoms with E-state index >= 15 is 0 Å². The summed E-state index contributed by atoms with van der Waals surface area (Å²) in [5.41, 5.74) is 7.07. The molecule has 0 aliphatic carbocycles. The number of carboxylic acids is 1. The minimum atomic E-state index is -1.17. The molecular weight excluding hydrogens is 386 g/mol. The number of carboxylic acid groups (broad SMARTS) is 1. The molecule has 0 aromatic heterocycles. The molecule has 1 amide bonds. The molecule has 144 valence electrons. The molecule has 1 unspecified atom stereocenters. The second-order valence-corrected chi connectivity index (χ2v) is 8.77. The molecule has 2 heterocycles. The summed E-state index contributed by atoms with van der Waals surface area (Å²) >= 11 is 2.53. The molecule has 9 heteroatoms. The first-order valence-electron chi connectivity index (χ1n) is 8.54. The number of rotatable bonds is 8. The summed E-state index contributed by atoms with van der Waals surface area (Å²) in [6.45, 7) is 1.79. The van der Waals surface area contributed by atoms with E-state index in [1.54, 1.807) is 19.1 Å². The number of hydrogen-bond acceptors (Lipinski definition) is 7. The molecule has 27 heavy (non-hydrogen) atoms. The topological polar surface area (TPSA) is 128 Å². The van der Waals surface area contributed by atoms with E-state index in [-0.39, 0.29) is 22.7 Å². The van der Waals surface area contributed by atoms with Gasteiger partial charge in [0.25, 0.3) is 0 Å². The van der Waals surface area contributed by atoms with Gasteiger partial charge < -0.3 is 21.4 Å². The maximum atomic E-state index is 12.3. The van der Waals surface area contributed by atoms with Crippen molar-refractivity contribution in [2.45, 2.75) is 30.9 Å². The Labute approximate surface area is 165 Å². The summed E-state index contributed by atoms with van der Waals surface area (Å²) in [6.07, 6.45) is -0.343. The second kappa shape index (κ2) is 8.05. The van der Waals surface area contributed by atoms with E-state index in [0.29, 0.717) is 16.4 Å². The van der Waals surface area contributed by atoms with Crippen LogP contribution in [0.3, 0.4) is 0 Å². The number of amides is 1. The van der Waals surface area contributed by atoms with Crippen molar-refractivity contribution in [2.75, 3.05) is 5.75 Å². The van der Waals surface area contributed by atoms with Gasteiger partial charge in [-0.15, -0.1) is 11.8 Å². The fourth-order valence-corrected chi connectivity index (χ4v) is 5.96. The molecule has 0 saturated carbocycles. The zero-order valence-corrected chi connectivity index (χ0v) is 16.3. The first-order valence-corrected chi connectivity index (χ1v) is 10.4. The van der Waals surface area contributed by atoms with Crippen LogP contribution in [0.4, 0.5) is 0 Å². The molecular formula is C18H21N3O4S2. The zero-order valence-electron chi connectivity index (χ0n) is 14.7. The van der Waals surface area contributed by atoms with Gasteiger partial charge in [0, 0.05) is 5.75 Å². The van der Waals surface area contributed by atoms with Crippen LogP contribution in [-0.2, 0) is 9.59 Å². The van der Waals surface area contributed by atoms with Crippen LogP contribution in [0.25, 0.3) is 0 Å². The third kappa shape index (κ3) is 3.64. The number of carbonyl (C=O) groups is 2. The van der Waals surface area contributed by atoms with E-state index < -0.39 is 24.0 Å². The van der Waals surface area contributed by atoms with Gasteiger partial charge in [-0.25, -0.2) is 4.79 Å². The van der Waals surface area contributed by atoms with Crippen LogP contribution in [-0.4, -0.2) is 56.0 Å². The number of fused-ring (bicyclic) bond motifs is 1. The number of nitrogens with one attached hydrogen (secondary N) is 1. The Hall–Kier alpha value is -1.81. The van der Waals surface area contributed by atoms with Gasteiger partial charge in [0.15, 0.2) is 5.70 Å². The number of hydrogen-bond donors (Lipinski definition) is 4. The van der Waals surface area contributed by atoms with Gasteiger partial charge in [0.05, 0.1) is 28.0 Å². The predicted molar refractivity (Wildman–Crippen MR) is 106 cm³/mol. The van der Waals surface area contributed by atoms with Gasteiger partial charge in [-0.05, 0) is 12.0 Å². The van der Waals surface area contributed by atoms with E-state index in [2.05, 4.69) is 0 Å². The SMILES string of the molecule is CC[C@H](O)[C@@H]1C(=O)N2C(C(=O)O)=C(SCC(N)C(=N)c3ccccc3)S[C@H]12. The highest BCUT2D eigenvalue weighted by molar-refractivity contribution is 8.22. The van der Waals surface area contributed by atoms with Crippen LogP contribution in [0, 0.1) is 11.3 Å². The molecule has 3 rings (SSSR count). The highest BCUT2D eigenvalue weighted by atomic mass is 32.2. The molecule has 2 aliphatic heterocycles. The van der Waals surface area contributed by atoms with E-state index in [9.17, 15) is 19.8 Å². The van der Waals surface area contributed by atoms with Crippen molar-refractivity contribution in [3.63, 3.8) is 0 Å². The number of thioether (sulfide) groups is 2. The van der Waals surface area contributed by atoms with Crippen molar-refractivity contribution >= 4 is 41.1 Å². The van der Waals surface area contributed by atoms with Gasteiger partial charge in [-0.2, -0.15) is 0 Å². The number of nitrogens with two attached hydrogens (primary N) is 1. The maximum Gasteiger partial charge on any atom is 0.354 e. The second-order valence-electron chi connectivity index (χ2n) is 6.36. The van der Waals surface area contributed by atoms with E-state index in [1.165, 1.54) is 28.4 Å². The lowest BCUT2D eigenvalue weighted by molar-refractivity contribution is -0.157. The first-order chi connectivity index (χ1) is 12.9. The van der Waals surface area contributed by atoms with E-state index in [1.807, 2.05) is 18.2 Å². The number of nitrogens with zero attached hydrogens (tertiary/aromatic N) is 1. The highest BCUT2D eigenvalue weighted by Crippen LogP contribution is 2.54. The molecule has 2 aliphatic rings. The Kier molecular flexibility index (Phi) is 5.95. The number of aliphatic carboxylic acids is 1. The largest absolute Gasteiger partial charge is 0.477 e. The predicted octanol–water partition coefficient (Wildman–Crippen LogP) is 1.67. The minimum absolute atomic E-state index is 0.0435. The van der Waals surface area contributed by atoms with E-state index in [0.717, 1.165) is 5.56 Å². The molecule has 0 bridgehead atoms. The molecule has 5 N–H and O–H groups in total. The van der Waals surface area contributed by atoms with Crippen LogP contribution < -0.4 is 5.73 Å². The van der Waals surface area contributed by atoms with Crippen molar-refractivity contribution in [3.8, 4) is 0 Å². The Morgan fingerprint density at radius 1 is 1.41 bits per heavy atom. The fourth-order valence-electron chi connectivity index (χ4n) is 3.10. The van der Waals surface area contributed by atoms with Gasteiger partial charge in [0.2, 0.25) is 5.91 Å². The van der Waals surface area contributed by atoms with Gasteiger partial charge in [0.1, 0.15) is 5.37 Å². The fraction of sp³-hybridized carbons (Fsp3) is 0.389. The Bertz CT molecular complexity index is 799. The van der Waals surface area contributed by atoms with Crippen molar-refractivity contribution in [1.82, 2.24) is 4.90 Å². The van der Waals surface area contributed by atoms with Crippen LogP contribution in [0.1, 0.15) is 18.9 Å². The Morgan fingerprint density at radius 2 is 2.07 bits per heavy atom. The zero-order chi connectivity index (χ0) is 19.7. The van der Waals surface area contributed by atoms with Gasteiger partial charge in [-0.1, -0.05) is 49.0 Å². The summed E-state index contributed by atoms with van der Waals surface area (Å²) < 4.78 is 0.503. The average Bonchev–Trinajstić information content (AvgIpc) is 3.00. The van der Waals surface area contributed by atoms with Crippen molar-refractivity contribution in [2.24, 2.45) is 11.7 Å². The van der Waals surface area contributed by atoms with Gasteiger partial charge in [-0.3, -0.25) is 9.69 Å². The van der Waals surface area contributed by atoms with Crippen molar-refractivity contribution in [3.05, 3.63) is 45.8 Å². The number of aliphatic hydroxyl groups is 1. The van der Waals surface area contributed by atoms with Crippen LogP contribution >= 0.6 is 23.5 Å². The normalized spacial score (nSPS) is 23.7. The lowest BCUT2D eigenvalue weighted by Gasteiger charge is -2.44. The summed E-state index contributed by atoms with van der Waals surface area (Å²) in [5, 5.41) is 27.4. The maximum absolute atomic E-state index is 12.3. The lowest BCUT2D eigenvalue weighted by Crippen LogP contribution is -2.61. The highest BCUT2D eigenvalue weighted by Gasteiger charge is 2.58. The van der Waals surface area contributed by atoms with Crippen LogP contribution in [0.2, 0.25) is 0 Å². The monoisotopic (exact) mass is 407 g/mol. The Balaban J connectivity index is 1.70. The molecule has 1 saturated heterocycles. The number of β-lactam (4-membered cyclic amide) rings is 1. The summed E-state index contributed by atoms with van der Waals surface area (Å²) in [6, 6.07) is 8.57. The molecule has 0 radical (unpaired) electrons. The third-order valence-corrected chi connectivity index (χ3v) is 7.41. The molecule has 7 nitrogen and oxygen atoms in total. The van der Waals surface area contributed by atoms with Gasteiger partial charge >= 0.3 is 5.97 Å². The van der Waals surface area contributed by atoms with E-state index in [4.69, 9.17) is 11.1 Å². The Morgan fingerprint density at radius 3 is 2.67 bits per heavy atom. The van der Waals surface area contributed by atoms with Crippen molar-refractivity contribution in [1.29, 1.82) is 5.41 Å². The average molecular weight is 408 g/mol. The smallest absolute Gasteiger partial charge is 0.354 e. The van der Waals surface area contributed by atoms with Crippen molar-refractivity contribution < 1.29 is 19.8 Å². The summed E-state index contributed by atoms with van der Waals surface area (Å²) in [7, 11) is 0. The third-order valence-electron chi connectivity index (χ3n) is 4.63.